The van der Waals surface area contributed by atoms with Gasteiger partial charge in [-0.25, -0.2) is 0 Å². The Bertz CT molecular complexity index is 698. The highest BCUT2D eigenvalue weighted by Crippen LogP contribution is 2.21. The second kappa shape index (κ2) is 10.2. The van der Waals surface area contributed by atoms with Gasteiger partial charge in [-0.1, -0.05) is 26.0 Å². The number of anilines is 1. The van der Waals surface area contributed by atoms with Crippen LogP contribution in [0.5, 0.6) is 0 Å². The fraction of sp³-hybridized carbons (Fsp3) is 0.652. The lowest BCUT2D eigenvalue weighted by Gasteiger charge is -2.35. The molecule has 2 amide bonds. The van der Waals surface area contributed by atoms with Crippen molar-refractivity contribution < 1.29 is 9.59 Å². The van der Waals surface area contributed by atoms with Gasteiger partial charge in [0.25, 0.3) is 0 Å². The molecule has 1 atom stereocenters. The van der Waals surface area contributed by atoms with E-state index < -0.39 is 0 Å². The van der Waals surface area contributed by atoms with Crippen LogP contribution < -0.4 is 5.32 Å². The van der Waals surface area contributed by atoms with Crippen molar-refractivity contribution in [2.75, 3.05) is 51.6 Å². The summed E-state index contributed by atoms with van der Waals surface area (Å²) in [6, 6.07) is 7.79. The molecule has 2 fully saturated rings. The van der Waals surface area contributed by atoms with Gasteiger partial charge in [-0.2, -0.15) is 0 Å². The minimum absolute atomic E-state index is 0.0603. The van der Waals surface area contributed by atoms with Gasteiger partial charge in [0.2, 0.25) is 11.8 Å². The largest absolute Gasteiger partial charge is 0.330 e. The minimum atomic E-state index is -0.354. The van der Waals surface area contributed by atoms with Gasteiger partial charge >= 0.3 is 0 Å². The molecular formula is C23H36N4O2. The van der Waals surface area contributed by atoms with Gasteiger partial charge in [-0.3, -0.25) is 9.59 Å². The average molecular weight is 401 g/mol. The van der Waals surface area contributed by atoms with E-state index in [1.165, 1.54) is 5.56 Å². The summed E-state index contributed by atoms with van der Waals surface area (Å²) in [6.45, 7) is 10.0. The number of nitrogens with zero attached hydrogens (tertiary/aromatic N) is 3. The van der Waals surface area contributed by atoms with Gasteiger partial charge < -0.3 is 20.0 Å². The molecule has 6 nitrogen and oxygen atoms in total. The topological polar surface area (TPSA) is 55.9 Å². The summed E-state index contributed by atoms with van der Waals surface area (Å²) < 4.78 is 0. The number of carbonyl (C=O) groups excluding carboxylic acids is 2. The summed E-state index contributed by atoms with van der Waals surface area (Å²) in [5.74, 6) is -0.0676. The smallest absolute Gasteiger partial charge is 0.247 e. The Morgan fingerprint density at radius 1 is 1.10 bits per heavy atom. The Labute approximate surface area is 175 Å². The van der Waals surface area contributed by atoms with E-state index in [0.29, 0.717) is 6.54 Å². The summed E-state index contributed by atoms with van der Waals surface area (Å²) in [5.41, 5.74) is 2.06. The number of piperazine rings is 1. The van der Waals surface area contributed by atoms with Crippen LogP contribution in [0.25, 0.3) is 0 Å². The molecule has 1 aromatic carbocycles. The highest BCUT2D eigenvalue weighted by Gasteiger charge is 2.33. The number of likely N-dealkylation sites (tertiary alicyclic amines) is 1. The standard InChI is InChI=1S/C23H36N4O2/c1-18(2)23(29)27-11-5-4-9-21(27)22(28)24-20-8-6-7-19(17-20)10-12-26-15-13-25(3)14-16-26/h6-8,17-18,21H,4-5,9-16H2,1-3H3,(H,24,28). The van der Waals surface area contributed by atoms with Crippen molar-refractivity contribution in [2.24, 2.45) is 5.92 Å². The van der Waals surface area contributed by atoms with Crippen molar-refractivity contribution in [1.82, 2.24) is 14.7 Å². The van der Waals surface area contributed by atoms with Gasteiger partial charge in [0.05, 0.1) is 0 Å². The maximum absolute atomic E-state index is 12.9. The van der Waals surface area contributed by atoms with Gasteiger partial charge in [-0.15, -0.1) is 0 Å². The number of likely N-dealkylation sites (N-methyl/N-ethyl adjacent to an activating group) is 1. The number of nitrogens with one attached hydrogen (secondary N) is 1. The summed E-state index contributed by atoms with van der Waals surface area (Å²) in [4.78, 5) is 32.1. The summed E-state index contributed by atoms with van der Waals surface area (Å²) in [6.07, 6.45) is 3.69. The predicted molar refractivity (Wildman–Crippen MR) is 117 cm³/mol. The van der Waals surface area contributed by atoms with E-state index in [1.54, 1.807) is 4.90 Å². The van der Waals surface area contributed by atoms with Crippen LogP contribution in [-0.2, 0) is 16.0 Å². The average Bonchev–Trinajstić information content (AvgIpc) is 2.73. The molecule has 1 unspecified atom stereocenters. The second-order valence-electron chi connectivity index (χ2n) is 8.78. The van der Waals surface area contributed by atoms with Crippen LogP contribution in [0.15, 0.2) is 24.3 Å². The third-order valence-corrected chi connectivity index (χ3v) is 6.09. The number of hydrogen-bond donors (Lipinski definition) is 1. The number of benzene rings is 1. The van der Waals surface area contributed by atoms with Crippen LogP contribution in [-0.4, -0.2) is 78.9 Å². The van der Waals surface area contributed by atoms with Crippen LogP contribution in [0.3, 0.4) is 0 Å². The van der Waals surface area contributed by atoms with E-state index in [9.17, 15) is 9.59 Å². The van der Waals surface area contributed by atoms with Gasteiger partial charge in [0.1, 0.15) is 6.04 Å². The first kappa shape index (κ1) is 21.8. The van der Waals surface area contributed by atoms with Crippen LogP contribution in [0, 0.1) is 5.92 Å². The zero-order chi connectivity index (χ0) is 20.8. The van der Waals surface area contributed by atoms with Crippen LogP contribution in [0.1, 0.15) is 38.7 Å². The first-order valence-corrected chi connectivity index (χ1v) is 11.0. The fourth-order valence-corrected chi connectivity index (χ4v) is 4.19. The third-order valence-electron chi connectivity index (χ3n) is 6.09. The highest BCUT2D eigenvalue weighted by atomic mass is 16.2. The molecule has 1 aromatic rings. The Morgan fingerprint density at radius 3 is 2.59 bits per heavy atom. The van der Waals surface area contributed by atoms with Crippen molar-refractivity contribution in [3.05, 3.63) is 29.8 Å². The molecule has 6 heteroatoms. The Balaban J connectivity index is 1.57. The number of rotatable bonds is 6. The number of amides is 2. The lowest BCUT2D eigenvalue weighted by atomic mass is 9.99. The lowest BCUT2D eigenvalue weighted by molar-refractivity contribution is -0.142. The molecule has 29 heavy (non-hydrogen) atoms. The molecule has 0 aliphatic carbocycles. The molecule has 0 radical (unpaired) electrons. The van der Waals surface area contributed by atoms with E-state index in [2.05, 4.69) is 34.3 Å². The van der Waals surface area contributed by atoms with E-state index in [0.717, 1.165) is 64.1 Å². The quantitative estimate of drug-likeness (QED) is 0.797. The van der Waals surface area contributed by atoms with Crippen molar-refractivity contribution in [2.45, 2.75) is 45.6 Å². The normalized spacial score (nSPS) is 21.4. The molecule has 0 spiro atoms. The minimum Gasteiger partial charge on any atom is -0.330 e. The Hall–Kier alpha value is -1.92. The monoisotopic (exact) mass is 400 g/mol. The number of piperidine rings is 1. The molecule has 0 saturated carbocycles. The van der Waals surface area contributed by atoms with Crippen molar-refractivity contribution in [1.29, 1.82) is 0 Å². The van der Waals surface area contributed by atoms with Gasteiger partial charge in [0.15, 0.2) is 0 Å². The maximum Gasteiger partial charge on any atom is 0.247 e. The Kier molecular flexibility index (Phi) is 7.67. The molecule has 160 valence electrons. The first-order valence-electron chi connectivity index (χ1n) is 11.0. The molecule has 1 N–H and O–H groups in total. The molecule has 2 aliphatic rings. The van der Waals surface area contributed by atoms with Gasteiger partial charge in [-0.05, 0) is 50.4 Å². The van der Waals surface area contributed by atoms with Crippen LogP contribution >= 0.6 is 0 Å². The van der Waals surface area contributed by atoms with Crippen molar-refractivity contribution >= 4 is 17.5 Å². The van der Waals surface area contributed by atoms with Crippen molar-refractivity contribution in [3.63, 3.8) is 0 Å². The summed E-state index contributed by atoms with van der Waals surface area (Å²) >= 11 is 0. The van der Waals surface area contributed by atoms with Crippen LogP contribution in [0.2, 0.25) is 0 Å². The molecule has 3 rings (SSSR count). The lowest BCUT2D eigenvalue weighted by Crippen LogP contribution is -2.51. The molecule has 2 saturated heterocycles. The zero-order valence-corrected chi connectivity index (χ0v) is 18.2. The predicted octanol–water partition coefficient (Wildman–Crippen LogP) is 2.45. The first-order chi connectivity index (χ1) is 13.9. The second-order valence-corrected chi connectivity index (χ2v) is 8.78. The van der Waals surface area contributed by atoms with Crippen LogP contribution in [0.4, 0.5) is 5.69 Å². The van der Waals surface area contributed by atoms with E-state index in [1.807, 2.05) is 26.0 Å². The number of hydrogen-bond acceptors (Lipinski definition) is 4. The maximum atomic E-state index is 12.9. The SMILES string of the molecule is CC(C)C(=O)N1CCCCC1C(=O)Nc1cccc(CCN2CCN(C)CC2)c1. The molecule has 2 heterocycles. The number of carbonyl (C=O) groups is 2. The van der Waals surface area contributed by atoms with Crippen molar-refractivity contribution in [3.8, 4) is 0 Å². The third kappa shape index (κ3) is 6.03. The molecule has 0 bridgehead atoms. The Morgan fingerprint density at radius 2 is 1.86 bits per heavy atom. The van der Waals surface area contributed by atoms with Gasteiger partial charge in [0, 0.05) is 50.9 Å². The van der Waals surface area contributed by atoms with E-state index in [-0.39, 0.29) is 23.8 Å². The molecule has 2 aliphatic heterocycles. The summed E-state index contributed by atoms with van der Waals surface area (Å²) in [5, 5.41) is 3.07. The highest BCUT2D eigenvalue weighted by molar-refractivity contribution is 5.97. The summed E-state index contributed by atoms with van der Waals surface area (Å²) in [7, 11) is 2.17. The van der Waals surface area contributed by atoms with E-state index >= 15 is 0 Å². The fourth-order valence-electron chi connectivity index (χ4n) is 4.19. The van der Waals surface area contributed by atoms with E-state index in [4.69, 9.17) is 0 Å². The zero-order valence-electron chi connectivity index (χ0n) is 18.2. The molecular weight excluding hydrogens is 364 g/mol. The molecule has 0 aromatic heterocycles.